The van der Waals surface area contributed by atoms with Gasteiger partial charge in [0.05, 0.1) is 50.3 Å². The number of fused-ring (bicyclic) bond motifs is 3. The molecule has 10 heteroatoms. The lowest BCUT2D eigenvalue weighted by molar-refractivity contribution is -0.164. The minimum Gasteiger partial charge on any atom is -0.493 e. The van der Waals surface area contributed by atoms with Crippen LogP contribution in [0.4, 0.5) is 0 Å². The Balaban J connectivity index is 1.48. The van der Waals surface area contributed by atoms with Crippen molar-refractivity contribution in [2.45, 2.75) is 37.1 Å². The number of aromatic nitrogens is 3. The molecule has 4 heterocycles. The number of ether oxygens (including phenoxy) is 4. The zero-order valence-corrected chi connectivity index (χ0v) is 16.8. The minimum absolute atomic E-state index is 0.212. The second-order valence-corrected chi connectivity index (χ2v) is 8.02. The highest BCUT2D eigenvalue weighted by Gasteiger charge is 2.51. The highest BCUT2D eigenvalue weighted by atomic mass is 32.1. The molecule has 2 aromatic heterocycles. The Bertz CT molecular complexity index is 994. The third-order valence-electron chi connectivity index (χ3n) is 5.50. The first kappa shape index (κ1) is 18.8. The van der Waals surface area contributed by atoms with Crippen LogP contribution in [0.2, 0.25) is 0 Å². The first-order valence-corrected chi connectivity index (χ1v) is 10.2. The van der Waals surface area contributed by atoms with E-state index in [1.807, 2.05) is 22.1 Å². The number of imidazole rings is 1. The van der Waals surface area contributed by atoms with E-state index in [1.54, 1.807) is 38.1 Å². The molecule has 0 saturated carbocycles. The van der Waals surface area contributed by atoms with E-state index in [2.05, 4.69) is 15.3 Å². The zero-order chi connectivity index (χ0) is 20.0. The lowest BCUT2D eigenvalue weighted by atomic mass is 9.95. The number of nitrogens with one attached hydrogen (secondary N) is 1. The van der Waals surface area contributed by atoms with Crippen LogP contribution >= 0.6 is 11.3 Å². The molecule has 3 aromatic rings. The van der Waals surface area contributed by atoms with Crippen molar-refractivity contribution in [3.63, 3.8) is 0 Å². The average Bonchev–Trinajstić information content (AvgIpc) is 3.48. The second kappa shape index (κ2) is 7.54. The molecule has 0 radical (unpaired) electrons. The number of hydrogen-bond donors (Lipinski definition) is 2. The molecule has 0 aliphatic carbocycles. The normalized spacial score (nSPS) is 28.7. The molecule has 0 amide bonds. The molecule has 5 rings (SSSR count). The van der Waals surface area contributed by atoms with Gasteiger partial charge in [-0.15, -0.1) is 11.3 Å². The van der Waals surface area contributed by atoms with Crippen molar-refractivity contribution >= 4 is 22.4 Å². The number of aliphatic hydroxyl groups is 1. The van der Waals surface area contributed by atoms with Gasteiger partial charge in [0, 0.05) is 30.3 Å². The highest BCUT2D eigenvalue weighted by Crippen LogP contribution is 2.39. The quantitative estimate of drug-likeness (QED) is 0.619. The lowest BCUT2D eigenvalue weighted by Gasteiger charge is -2.39. The van der Waals surface area contributed by atoms with Crippen LogP contribution in [0, 0.1) is 0 Å². The second-order valence-electron chi connectivity index (χ2n) is 7.04. The summed E-state index contributed by atoms with van der Waals surface area (Å²) in [6, 6.07) is 2.93. The molecule has 29 heavy (non-hydrogen) atoms. The minimum atomic E-state index is -0.730. The predicted octanol–water partition coefficient (Wildman–Crippen LogP) is 1.33. The summed E-state index contributed by atoms with van der Waals surface area (Å²) >= 11 is 1.57. The number of rotatable bonds is 6. The third-order valence-corrected chi connectivity index (χ3v) is 6.28. The highest BCUT2D eigenvalue weighted by molar-refractivity contribution is 7.09. The molecule has 9 nitrogen and oxygen atoms in total. The molecule has 1 aromatic carbocycles. The van der Waals surface area contributed by atoms with Crippen molar-refractivity contribution in [3.05, 3.63) is 35.0 Å². The van der Waals surface area contributed by atoms with Gasteiger partial charge in [0.15, 0.2) is 17.8 Å². The number of aliphatic hydroxyl groups excluding tert-OH is 1. The van der Waals surface area contributed by atoms with Gasteiger partial charge in [-0.25, -0.2) is 9.97 Å². The van der Waals surface area contributed by atoms with Gasteiger partial charge in [-0.1, -0.05) is 0 Å². The van der Waals surface area contributed by atoms with E-state index in [1.165, 1.54) is 0 Å². The van der Waals surface area contributed by atoms with Crippen LogP contribution in [-0.2, 0) is 16.0 Å². The largest absolute Gasteiger partial charge is 0.493 e. The van der Waals surface area contributed by atoms with Crippen LogP contribution in [0.5, 0.6) is 11.5 Å². The number of methoxy groups -OCH3 is 2. The van der Waals surface area contributed by atoms with Crippen molar-refractivity contribution in [3.8, 4) is 11.5 Å². The molecule has 2 N–H and O–H groups in total. The van der Waals surface area contributed by atoms with Crippen LogP contribution in [0.1, 0.15) is 11.0 Å². The number of nitrogens with zero attached hydrogens (tertiary/aromatic N) is 3. The fourth-order valence-electron chi connectivity index (χ4n) is 4.09. The Kier molecular flexibility index (Phi) is 4.88. The standard InChI is InChI=1S/C19H22N4O5S/c1-25-12-5-10-11(6-13(12)26-2)23(9-22-10)17-18(24)16(14-8-27-19(17)28-14)21-7-15-20-3-4-29-15/h3-6,9,14,16-19,21,24H,7-8H2,1-2H3/t14-,16-,17-,18+,19-/m1/s1. The van der Waals surface area contributed by atoms with Gasteiger partial charge in [-0.05, 0) is 0 Å². The molecular formula is C19H22N4O5S. The smallest absolute Gasteiger partial charge is 0.181 e. The van der Waals surface area contributed by atoms with E-state index in [0.717, 1.165) is 16.0 Å². The summed E-state index contributed by atoms with van der Waals surface area (Å²) in [5.41, 5.74) is 1.55. The Hall–Kier alpha value is -2.24. The third kappa shape index (κ3) is 3.17. The summed E-state index contributed by atoms with van der Waals surface area (Å²) in [6.07, 6.45) is 1.98. The number of thiazole rings is 1. The van der Waals surface area contributed by atoms with Gasteiger partial charge in [0.1, 0.15) is 17.2 Å². The van der Waals surface area contributed by atoms with Gasteiger partial charge < -0.3 is 33.9 Å². The number of hydrogen-bond acceptors (Lipinski definition) is 9. The topological polar surface area (TPSA) is 99.9 Å². The lowest BCUT2D eigenvalue weighted by Crippen LogP contribution is -2.57. The first-order chi connectivity index (χ1) is 14.2. The van der Waals surface area contributed by atoms with Crippen LogP contribution in [0.3, 0.4) is 0 Å². The summed E-state index contributed by atoms with van der Waals surface area (Å²) in [5.74, 6) is 1.20. The molecule has 2 fully saturated rings. The number of benzene rings is 1. The van der Waals surface area contributed by atoms with Crippen molar-refractivity contribution < 1.29 is 24.1 Å². The van der Waals surface area contributed by atoms with Gasteiger partial charge in [-0.3, -0.25) is 0 Å². The van der Waals surface area contributed by atoms with E-state index >= 15 is 0 Å². The van der Waals surface area contributed by atoms with Gasteiger partial charge in [-0.2, -0.15) is 0 Å². The molecule has 154 valence electrons. The van der Waals surface area contributed by atoms with E-state index < -0.39 is 18.4 Å². The Morgan fingerprint density at radius 2 is 2.10 bits per heavy atom. The van der Waals surface area contributed by atoms with E-state index in [9.17, 15) is 5.11 Å². The monoisotopic (exact) mass is 418 g/mol. The Morgan fingerprint density at radius 1 is 1.28 bits per heavy atom. The Morgan fingerprint density at radius 3 is 2.86 bits per heavy atom. The molecule has 2 aliphatic rings. The van der Waals surface area contributed by atoms with E-state index in [-0.39, 0.29) is 12.1 Å². The van der Waals surface area contributed by atoms with Crippen LogP contribution < -0.4 is 14.8 Å². The summed E-state index contributed by atoms with van der Waals surface area (Å²) in [5, 5.41) is 17.5. The molecular weight excluding hydrogens is 396 g/mol. The SMILES string of the molecule is COc1cc2ncn([C@H]3[C@@H]4OC[C@@H](O4)[C@@H](NCc4nccs4)[C@@H]3O)c2cc1OC. The van der Waals surface area contributed by atoms with Crippen LogP contribution in [0.25, 0.3) is 11.0 Å². The molecule has 5 atom stereocenters. The summed E-state index contributed by atoms with van der Waals surface area (Å²) in [4.78, 5) is 8.78. The van der Waals surface area contributed by atoms with Gasteiger partial charge in [0.25, 0.3) is 0 Å². The first-order valence-electron chi connectivity index (χ1n) is 9.35. The molecule has 0 unspecified atom stereocenters. The van der Waals surface area contributed by atoms with Crippen molar-refractivity contribution in [1.82, 2.24) is 19.9 Å². The van der Waals surface area contributed by atoms with Crippen LogP contribution in [-0.4, -0.2) is 65.0 Å². The fourth-order valence-corrected chi connectivity index (χ4v) is 4.65. The molecule has 2 aliphatic heterocycles. The maximum Gasteiger partial charge on any atom is 0.181 e. The van der Waals surface area contributed by atoms with E-state index in [0.29, 0.717) is 24.7 Å². The van der Waals surface area contributed by atoms with Crippen LogP contribution in [0.15, 0.2) is 30.0 Å². The molecule has 2 saturated heterocycles. The van der Waals surface area contributed by atoms with Crippen molar-refractivity contribution in [2.24, 2.45) is 0 Å². The predicted molar refractivity (Wildman–Crippen MR) is 105 cm³/mol. The molecule has 0 spiro atoms. The fraction of sp³-hybridized carbons (Fsp3) is 0.474. The Labute approximate surface area is 171 Å². The van der Waals surface area contributed by atoms with Crippen molar-refractivity contribution in [2.75, 3.05) is 20.8 Å². The van der Waals surface area contributed by atoms with Gasteiger partial charge >= 0.3 is 0 Å². The molecule has 2 bridgehead atoms. The maximum absolute atomic E-state index is 11.3. The summed E-state index contributed by atoms with van der Waals surface area (Å²) < 4.78 is 24.6. The van der Waals surface area contributed by atoms with Crippen molar-refractivity contribution in [1.29, 1.82) is 0 Å². The van der Waals surface area contributed by atoms with Gasteiger partial charge in [0.2, 0.25) is 0 Å². The maximum atomic E-state index is 11.3. The summed E-state index contributed by atoms with van der Waals surface area (Å²) in [6.45, 7) is 0.990. The average molecular weight is 418 g/mol. The summed E-state index contributed by atoms with van der Waals surface area (Å²) in [7, 11) is 3.18. The van der Waals surface area contributed by atoms with E-state index in [4.69, 9.17) is 18.9 Å². The zero-order valence-electron chi connectivity index (χ0n) is 16.0.